The van der Waals surface area contributed by atoms with Gasteiger partial charge < -0.3 is 19.3 Å². The monoisotopic (exact) mass is 543 g/mol. The quantitative estimate of drug-likeness (QED) is 0.363. The van der Waals surface area contributed by atoms with Gasteiger partial charge in [0.05, 0.1) is 23.3 Å². The topological polar surface area (TPSA) is 76.8 Å². The highest BCUT2D eigenvalue weighted by atomic mass is 35.5. The molecule has 11 heteroatoms. The second-order valence-electron chi connectivity index (χ2n) is 7.51. The Morgan fingerprint density at radius 2 is 1.85 bits per heavy atom. The number of halogens is 4. The maximum Gasteiger partial charge on any atom is 0.257 e. The van der Waals surface area contributed by atoms with Crippen LogP contribution in [0.1, 0.15) is 0 Å². The molecular weight excluding hydrogens is 524 g/mol. The molecule has 3 aromatic rings. The molecule has 2 aromatic carbocycles. The fourth-order valence-electron chi connectivity index (χ4n) is 3.47. The molecular formula is C23H21Cl4N3O4. The number of carbonyl (C=O) groups is 1. The average molecular weight is 545 g/mol. The third kappa shape index (κ3) is 6.36. The molecule has 1 aliphatic rings. The molecule has 1 aromatic heterocycles. The van der Waals surface area contributed by atoms with Crippen LogP contribution in [-0.4, -0.2) is 60.3 Å². The number of benzene rings is 2. The summed E-state index contributed by atoms with van der Waals surface area (Å²) in [6.07, 6.45) is 0. The lowest BCUT2D eigenvalue weighted by Crippen LogP contribution is -2.38. The molecule has 0 spiro atoms. The van der Waals surface area contributed by atoms with E-state index in [1.807, 2.05) is 6.07 Å². The Bertz CT molecular complexity index is 1130. The molecule has 180 valence electrons. The Balaban J connectivity index is 1.46. The van der Waals surface area contributed by atoms with Crippen molar-refractivity contribution in [2.75, 3.05) is 44.8 Å². The summed E-state index contributed by atoms with van der Waals surface area (Å²) in [5.74, 6) is 0.526. The smallest absolute Gasteiger partial charge is 0.257 e. The van der Waals surface area contributed by atoms with Crippen LogP contribution in [-0.2, 0) is 9.53 Å². The van der Waals surface area contributed by atoms with E-state index in [1.165, 1.54) is 0 Å². The molecule has 0 atom stereocenters. The minimum Gasteiger partial charge on any atom is -0.492 e. The van der Waals surface area contributed by atoms with Gasteiger partial charge in [0.15, 0.2) is 10.6 Å². The lowest BCUT2D eigenvalue weighted by molar-refractivity contribution is -0.114. The molecule has 0 saturated carbocycles. The molecule has 0 unspecified atom stereocenters. The van der Waals surface area contributed by atoms with Crippen LogP contribution in [0.25, 0.3) is 22.6 Å². The molecule has 7 nitrogen and oxygen atoms in total. The first kappa shape index (κ1) is 25.1. The Labute approximate surface area is 216 Å². The number of nitrogens with zero attached hydrogens (tertiary/aromatic N) is 2. The van der Waals surface area contributed by atoms with E-state index in [1.54, 1.807) is 36.4 Å². The van der Waals surface area contributed by atoms with Crippen molar-refractivity contribution in [3.63, 3.8) is 0 Å². The van der Waals surface area contributed by atoms with Gasteiger partial charge in [0.2, 0.25) is 0 Å². The Hall–Kier alpha value is -2.00. The predicted molar refractivity (Wildman–Crippen MR) is 134 cm³/mol. The highest BCUT2D eigenvalue weighted by Gasteiger charge is 2.18. The minimum absolute atomic E-state index is 0.394. The van der Waals surface area contributed by atoms with Crippen LogP contribution in [0.15, 0.2) is 47.0 Å². The third-order valence-electron chi connectivity index (χ3n) is 5.17. The van der Waals surface area contributed by atoms with Crippen LogP contribution in [0, 0.1) is 0 Å². The lowest BCUT2D eigenvalue weighted by atomic mass is 10.1. The van der Waals surface area contributed by atoms with Crippen molar-refractivity contribution in [1.29, 1.82) is 0 Å². The largest absolute Gasteiger partial charge is 0.492 e. The van der Waals surface area contributed by atoms with Crippen LogP contribution >= 0.6 is 46.4 Å². The van der Waals surface area contributed by atoms with E-state index >= 15 is 0 Å². The third-order valence-corrected chi connectivity index (χ3v) is 6.17. The number of carbonyl (C=O) groups excluding carboxylic acids is 1. The van der Waals surface area contributed by atoms with Gasteiger partial charge in [0.25, 0.3) is 5.91 Å². The molecule has 1 fully saturated rings. The zero-order valence-corrected chi connectivity index (χ0v) is 20.9. The van der Waals surface area contributed by atoms with Gasteiger partial charge in [0.1, 0.15) is 18.1 Å². The van der Waals surface area contributed by atoms with Crippen LogP contribution in [0.5, 0.6) is 5.75 Å². The van der Waals surface area contributed by atoms with Crippen LogP contribution < -0.4 is 10.1 Å². The van der Waals surface area contributed by atoms with Crippen molar-refractivity contribution < 1.29 is 18.8 Å². The average Bonchev–Trinajstić information content (AvgIpc) is 3.29. The second kappa shape index (κ2) is 11.6. The first-order valence-electron chi connectivity index (χ1n) is 10.5. The number of nitrogens with one attached hydrogen (secondary N) is 1. The lowest BCUT2D eigenvalue weighted by Gasteiger charge is -2.26. The van der Waals surface area contributed by atoms with E-state index in [2.05, 4.69) is 15.4 Å². The van der Waals surface area contributed by atoms with Crippen molar-refractivity contribution in [1.82, 2.24) is 10.1 Å². The fraction of sp³-hybridized carbons (Fsp3) is 0.304. The molecule has 0 aliphatic carbocycles. The molecule has 1 aliphatic heterocycles. The number of rotatable bonds is 8. The van der Waals surface area contributed by atoms with E-state index < -0.39 is 10.7 Å². The van der Waals surface area contributed by atoms with Crippen molar-refractivity contribution >= 4 is 58.0 Å². The summed E-state index contributed by atoms with van der Waals surface area (Å²) >= 11 is 24.2. The molecule has 0 radical (unpaired) electrons. The standard InChI is InChI=1S/C23H21Cl4N3O4/c24-17-11-16(33-9-6-30-4-7-32-8-5-30)12-18(25)21(17)19-13-20(34-29-19)14-2-1-3-15(10-14)28-23(31)22(26)27/h1-3,10-13,22H,4-9H2,(H,28,31). The summed E-state index contributed by atoms with van der Waals surface area (Å²) in [4.78, 5) is 12.8. The first-order chi connectivity index (χ1) is 16.4. The van der Waals surface area contributed by atoms with E-state index in [9.17, 15) is 4.79 Å². The summed E-state index contributed by atoms with van der Waals surface area (Å²) in [5, 5.41) is 7.53. The molecule has 34 heavy (non-hydrogen) atoms. The van der Waals surface area contributed by atoms with Crippen LogP contribution in [0.2, 0.25) is 10.0 Å². The van der Waals surface area contributed by atoms with Gasteiger partial charge in [-0.3, -0.25) is 9.69 Å². The summed E-state index contributed by atoms with van der Waals surface area (Å²) in [6, 6.07) is 12.1. The maximum atomic E-state index is 11.7. The van der Waals surface area contributed by atoms with E-state index in [4.69, 9.17) is 60.4 Å². The summed E-state index contributed by atoms with van der Waals surface area (Å²) in [7, 11) is 0. The van der Waals surface area contributed by atoms with Gasteiger partial charge in [-0.25, -0.2) is 0 Å². The number of hydrogen-bond donors (Lipinski definition) is 1. The molecule has 4 rings (SSSR count). The minimum atomic E-state index is -1.17. The number of amides is 1. The highest BCUT2D eigenvalue weighted by Crippen LogP contribution is 2.39. The Morgan fingerprint density at radius 3 is 2.56 bits per heavy atom. The number of hydrogen-bond acceptors (Lipinski definition) is 6. The van der Waals surface area contributed by atoms with E-state index in [0.717, 1.165) is 32.8 Å². The van der Waals surface area contributed by atoms with Gasteiger partial charge in [-0.05, 0) is 24.3 Å². The van der Waals surface area contributed by atoms with Gasteiger partial charge in [-0.1, -0.05) is 63.7 Å². The van der Waals surface area contributed by atoms with Crippen molar-refractivity contribution in [2.24, 2.45) is 0 Å². The van der Waals surface area contributed by atoms with Crippen molar-refractivity contribution in [3.8, 4) is 28.3 Å². The van der Waals surface area contributed by atoms with Gasteiger partial charge >= 0.3 is 0 Å². The molecule has 0 bridgehead atoms. The number of morpholine rings is 1. The Kier molecular flexibility index (Phi) is 8.58. The first-order valence-corrected chi connectivity index (χ1v) is 12.1. The zero-order valence-electron chi connectivity index (χ0n) is 17.9. The molecule has 1 amide bonds. The van der Waals surface area contributed by atoms with E-state index in [-0.39, 0.29) is 0 Å². The normalized spacial score (nSPS) is 14.4. The number of alkyl halides is 2. The number of aromatic nitrogens is 1. The zero-order chi connectivity index (χ0) is 24.1. The SMILES string of the molecule is O=C(Nc1cccc(-c2cc(-c3c(Cl)cc(OCCN4CCOCC4)cc3Cl)no2)c1)C(Cl)Cl. The Morgan fingerprint density at radius 1 is 1.12 bits per heavy atom. The number of ether oxygens (including phenoxy) is 2. The summed E-state index contributed by atoms with van der Waals surface area (Å²) < 4.78 is 16.7. The molecule has 1 N–H and O–H groups in total. The number of anilines is 1. The van der Waals surface area contributed by atoms with Crippen molar-refractivity contribution in [3.05, 3.63) is 52.5 Å². The maximum absolute atomic E-state index is 11.7. The van der Waals surface area contributed by atoms with Crippen molar-refractivity contribution in [2.45, 2.75) is 4.84 Å². The van der Waals surface area contributed by atoms with Gasteiger partial charge in [-0.2, -0.15) is 0 Å². The second-order valence-corrected chi connectivity index (χ2v) is 9.42. The summed E-state index contributed by atoms with van der Waals surface area (Å²) in [6.45, 7) is 4.59. The highest BCUT2D eigenvalue weighted by molar-refractivity contribution is 6.54. The van der Waals surface area contributed by atoms with Crippen LogP contribution in [0.3, 0.4) is 0 Å². The summed E-state index contributed by atoms with van der Waals surface area (Å²) in [5.41, 5.74) is 2.21. The van der Waals surface area contributed by atoms with Crippen LogP contribution in [0.4, 0.5) is 5.69 Å². The predicted octanol–water partition coefficient (Wildman–Crippen LogP) is 5.77. The molecule has 2 heterocycles. The molecule has 1 saturated heterocycles. The van der Waals surface area contributed by atoms with Gasteiger partial charge in [-0.15, -0.1) is 0 Å². The van der Waals surface area contributed by atoms with Gasteiger partial charge in [0, 0.05) is 42.5 Å². The fourth-order valence-corrected chi connectivity index (χ4v) is 4.24. The van der Waals surface area contributed by atoms with E-state index in [0.29, 0.717) is 50.7 Å².